The number of para-hydroxylation sites is 1. The number of anilines is 1. The number of carbonyl (C=O) groups excluding carboxylic acids is 1. The molecule has 0 fully saturated rings. The molecular formula is C16H14N2O2S. The first kappa shape index (κ1) is 14.9. The lowest BCUT2D eigenvalue weighted by molar-refractivity contribution is -0.115. The molecule has 0 bridgehead atoms. The van der Waals surface area contributed by atoms with Gasteiger partial charge in [-0.3, -0.25) is 4.79 Å². The fraction of sp³-hybridized carbons (Fsp3) is 0.125. The molecule has 1 amide bonds. The molecule has 4 nitrogen and oxygen atoms in total. The van der Waals surface area contributed by atoms with Crippen molar-refractivity contribution in [2.75, 3.05) is 11.1 Å². The maximum absolute atomic E-state index is 11.8. The van der Waals surface area contributed by atoms with Crippen molar-refractivity contribution in [1.29, 1.82) is 5.26 Å². The van der Waals surface area contributed by atoms with Crippen LogP contribution >= 0.6 is 11.8 Å². The van der Waals surface area contributed by atoms with E-state index in [9.17, 15) is 9.90 Å². The van der Waals surface area contributed by atoms with E-state index < -0.39 is 0 Å². The Morgan fingerprint density at radius 1 is 1.24 bits per heavy atom. The summed E-state index contributed by atoms with van der Waals surface area (Å²) in [6.45, 7) is 0. The summed E-state index contributed by atoms with van der Waals surface area (Å²) in [6.07, 6.45) is 0.329. The van der Waals surface area contributed by atoms with Gasteiger partial charge in [-0.15, -0.1) is 11.8 Å². The maximum atomic E-state index is 11.8. The summed E-state index contributed by atoms with van der Waals surface area (Å²) < 4.78 is 0. The highest BCUT2D eigenvalue weighted by atomic mass is 32.2. The van der Waals surface area contributed by atoms with E-state index in [4.69, 9.17) is 5.26 Å². The Balaban J connectivity index is 1.83. The van der Waals surface area contributed by atoms with Crippen LogP contribution in [0.4, 0.5) is 5.69 Å². The van der Waals surface area contributed by atoms with Crippen LogP contribution in [0.1, 0.15) is 12.0 Å². The maximum Gasteiger partial charge on any atom is 0.225 e. The van der Waals surface area contributed by atoms with E-state index in [0.717, 1.165) is 4.90 Å². The lowest BCUT2D eigenvalue weighted by atomic mass is 10.2. The van der Waals surface area contributed by atoms with Crippen LogP contribution in [0.15, 0.2) is 53.4 Å². The number of nitriles is 1. The molecule has 0 aromatic heterocycles. The summed E-state index contributed by atoms with van der Waals surface area (Å²) >= 11 is 1.43. The van der Waals surface area contributed by atoms with Gasteiger partial charge in [-0.2, -0.15) is 5.26 Å². The average molecular weight is 298 g/mol. The number of hydrogen-bond acceptors (Lipinski definition) is 4. The van der Waals surface area contributed by atoms with Crippen LogP contribution in [0.25, 0.3) is 0 Å². The smallest absolute Gasteiger partial charge is 0.225 e. The minimum Gasteiger partial charge on any atom is -0.507 e. The third-order valence-electron chi connectivity index (χ3n) is 2.73. The fourth-order valence-corrected chi connectivity index (χ4v) is 2.62. The lowest BCUT2D eigenvalue weighted by Crippen LogP contribution is -2.12. The molecule has 0 aliphatic rings. The minimum absolute atomic E-state index is 0.118. The molecule has 21 heavy (non-hydrogen) atoms. The molecule has 0 aliphatic heterocycles. The molecule has 0 spiro atoms. The molecule has 2 rings (SSSR count). The largest absolute Gasteiger partial charge is 0.507 e. The summed E-state index contributed by atoms with van der Waals surface area (Å²) in [5.41, 5.74) is 1.13. The van der Waals surface area contributed by atoms with Crippen LogP contribution in [0, 0.1) is 11.3 Å². The van der Waals surface area contributed by atoms with Crippen LogP contribution in [0.3, 0.4) is 0 Å². The van der Waals surface area contributed by atoms with E-state index in [1.54, 1.807) is 36.4 Å². The topological polar surface area (TPSA) is 73.1 Å². The van der Waals surface area contributed by atoms with Crippen LogP contribution in [-0.2, 0) is 4.79 Å². The predicted octanol–water partition coefficient (Wildman–Crippen LogP) is 3.38. The van der Waals surface area contributed by atoms with Gasteiger partial charge in [0.2, 0.25) is 5.91 Å². The van der Waals surface area contributed by atoms with Crippen molar-refractivity contribution in [2.45, 2.75) is 11.3 Å². The normalized spacial score (nSPS) is 9.86. The summed E-state index contributed by atoms with van der Waals surface area (Å²) in [5.74, 6) is 0.680. The molecular weight excluding hydrogens is 284 g/mol. The van der Waals surface area contributed by atoms with Gasteiger partial charge in [0.05, 0.1) is 11.6 Å². The van der Waals surface area contributed by atoms with Crippen molar-refractivity contribution < 1.29 is 9.90 Å². The number of phenols is 1. The van der Waals surface area contributed by atoms with Crippen molar-refractivity contribution in [1.82, 2.24) is 0 Å². The molecule has 0 radical (unpaired) electrons. The number of nitrogens with zero attached hydrogens (tertiary/aromatic N) is 1. The molecule has 0 atom stereocenters. The zero-order chi connectivity index (χ0) is 15.1. The van der Waals surface area contributed by atoms with Crippen molar-refractivity contribution in [3.05, 3.63) is 54.1 Å². The Morgan fingerprint density at radius 3 is 2.81 bits per heavy atom. The van der Waals surface area contributed by atoms with E-state index >= 15 is 0 Å². The number of benzene rings is 2. The van der Waals surface area contributed by atoms with E-state index in [0.29, 0.717) is 23.4 Å². The first-order valence-corrected chi connectivity index (χ1v) is 7.38. The number of rotatable bonds is 5. The zero-order valence-corrected chi connectivity index (χ0v) is 12.1. The second-order valence-corrected chi connectivity index (χ2v) is 5.44. The number of aromatic hydroxyl groups is 1. The first-order valence-electron chi connectivity index (χ1n) is 6.40. The van der Waals surface area contributed by atoms with Gasteiger partial charge in [-0.05, 0) is 30.3 Å². The van der Waals surface area contributed by atoms with Crippen LogP contribution < -0.4 is 5.32 Å². The Morgan fingerprint density at radius 2 is 2.05 bits per heavy atom. The highest BCUT2D eigenvalue weighted by molar-refractivity contribution is 7.99. The van der Waals surface area contributed by atoms with Gasteiger partial charge < -0.3 is 10.4 Å². The summed E-state index contributed by atoms with van der Waals surface area (Å²) in [5, 5.41) is 21.2. The van der Waals surface area contributed by atoms with E-state index in [1.165, 1.54) is 11.8 Å². The molecule has 106 valence electrons. The Kier molecular flexibility index (Phi) is 5.24. The summed E-state index contributed by atoms with van der Waals surface area (Å²) in [4.78, 5) is 12.6. The van der Waals surface area contributed by atoms with Crippen LogP contribution in [0.5, 0.6) is 5.75 Å². The van der Waals surface area contributed by atoms with Crippen molar-refractivity contribution >= 4 is 23.4 Å². The highest BCUT2D eigenvalue weighted by Crippen LogP contribution is 2.28. The first-order chi connectivity index (χ1) is 10.2. The fourth-order valence-electron chi connectivity index (χ4n) is 1.72. The lowest BCUT2D eigenvalue weighted by Gasteiger charge is -2.06. The van der Waals surface area contributed by atoms with Gasteiger partial charge in [-0.1, -0.05) is 18.2 Å². The monoisotopic (exact) mass is 298 g/mol. The van der Waals surface area contributed by atoms with Crippen LogP contribution in [-0.4, -0.2) is 16.8 Å². The molecule has 2 N–H and O–H groups in total. The van der Waals surface area contributed by atoms with Crippen LogP contribution in [0.2, 0.25) is 0 Å². The Bertz CT molecular complexity index is 680. The number of phenolic OH excluding ortho intramolecular Hbond substituents is 1. The molecule has 2 aromatic carbocycles. The van der Waals surface area contributed by atoms with Gasteiger partial charge in [-0.25, -0.2) is 0 Å². The van der Waals surface area contributed by atoms with E-state index in [-0.39, 0.29) is 11.7 Å². The van der Waals surface area contributed by atoms with Crippen molar-refractivity contribution in [2.24, 2.45) is 0 Å². The second kappa shape index (κ2) is 7.36. The molecule has 2 aromatic rings. The third-order valence-corrected chi connectivity index (χ3v) is 3.79. The number of thioether (sulfide) groups is 1. The average Bonchev–Trinajstić information content (AvgIpc) is 2.49. The van der Waals surface area contributed by atoms with Gasteiger partial charge in [0.25, 0.3) is 0 Å². The second-order valence-electron chi connectivity index (χ2n) is 4.31. The number of hydrogen-bond donors (Lipinski definition) is 2. The third kappa shape index (κ3) is 4.55. The standard InChI is InChI=1S/C16H14N2O2S/c17-11-12-4-3-5-13(10-12)18-16(20)8-9-21-15-7-2-1-6-14(15)19/h1-7,10,19H,8-9H2,(H,18,20). The summed E-state index contributed by atoms with van der Waals surface area (Å²) in [6, 6.07) is 15.9. The number of carbonyl (C=O) groups is 1. The van der Waals surface area contributed by atoms with Gasteiger partial charge in [0, 0.05) is 22.8 Å². The molecule has 0 unspecified atom stereocenters. The van der Waals surface area contributed by atoms with Gasteiger partial charge in [0.15, 0.2) is 0 Å². The Hall–Kier alpha value is -2.45. The Labute approximate surface area is 127 Å². The van der Waals surface area contributed by atoms with Gasteiger partial charge in [0.1, 0.15) is 5.75 Å². The highest BCUT2D eigenvalue weighted by Gasteiger charge is 2.05. The quantitative estimate of drug-likeness (QED) is 0.830. The number of amides is 1. The van der Waals surface area contributed by atoms with Crippen molar-refractivity contribution in [3.8, 4) is 11.8 Å². The van der Waals surface area contributed by atoms with E-state index in [1.807, 2.05) is 18.2 Å². The number of nitrogens with one attached hydrogen (secondary N) is 1. The molecule has 0 aliphatic carbocycles. The molecule has 0 saturated heterocycles. The SMILES string of the molecule is N#Cc1cccc(NC(=O)CCSc2ccccc2O)c1. The molecule has 5 heteroatoms. The zero-order valence-electron chi connectivity index (χ0n) is 11.2. The minimum atomic E-state index is -0.118. The van der Waals surface area contributed by atoms with Crippen molar-refractivity contribution in [3.63, 3.8) is 0 Å². The van der Waals surface area contributed by atoms with E-state index in [2.05, 4.69) is 5.32 Å². The predicted molar refractivity (Wildman–Crippen MR) is 83.2 cm³/mol. The summed E-state index contributed by atoms with van der Waals surface area (Å²) in [7, 11) is 0. The molecule has 0 saturated carbocycles. The molecule has 0 heterocycles. The van der Waals surface area contributed by atoms with Gasteiger partial charge >= 0.3 is 0 Å².